The molecule has 0 bridgehead atoms. The zero-order chi connectivity index (χ0) is 22.3. The largest absolute Gasteiger partial charge is 0.451 e. The minimum atomic E-state index is -3.60. The van der Waals surface area contributed by atoms with Gasteiger partial charge in [-0.25, -0.2) is 14.4 Å². The predicted molar refractivity (Wildman–Crippen MR) is 113 cm³/mol. The molecular weight excluding hydrogens is 526 g/mol. The second kappa shape index (κ2) is 8.09. The van der Waals surface area contributed by atoms with Gasteiger partial charge in [-0.1, -0.05) is 6.07 Å². The van der Waals surface area contributed by atoms with Crippen LogP contribution in [0.4, 0.5) is 13.2 Å². The Bertz CT molecular complexity index is 1130. The van der Waals surface area contributed by atoms with Crippen LogP contribution in [-0.4, -0.2) is 41.1 Å². The third-order valence-corrected chi connectivity index (χ3v) is 5.21. The van der Waals surface area contributed by atoms with Gasteiger partial charge >= 0.3 is 4.12 Å². The van der Waals surface area contributed by atoms with Crippen LogP contribution in [-0.2, 0) is 13.0 Å². The van der Waals surface area contributed by atoms with Crippen LogP contribution in [0.2, 0.25) is 0 Å². The minimum Gasteiger partial charge on any atom is -0.422 e. The summed E-state index contributed by atoms with van der Waals surface area (Å²) >= 11 is 0.744. The van der Waals surface area contributed by atoms with Crippen molar-refractivity contribution in [2.75, 3.05) is 0 Å². The Hall–Kier alpha value is -2.70. The Morgan fingerprint density at radius 2 is 2.10 bits per heavy atom. The molecule has 1 aliphatic heterocycles. The monoisotopic (exact) mass is 543 g/mol. The van der Waals surface area contributed by atoms with Crippen LogP contribution in [0.15, 0.2) is 30.5 Å². The van der Waals surface area contributed by atoms with Crippen LogP contribution < -0.4 is 4.74 Å². The first-order valence-electron chi connectivity index (χ1n) is 9.35. The van der Waals surface area contributed by atoms with Gasteiger partial charge in [0, 0.05) is 17.8 Å². The number of hydrogen-bond acceptors (Lipinski definition) is 5. The summed E-state index contributed by atoms with van der Waals surface area (Å²) in [5.74, 6) is -1.91. The van der Waals surface area contributed by atoms with Gasteiger partial charge in [0.05, 0.1) is 51.8 Å². The lowest BCUT2D eigenvalue weighted by Crippen LogP contribution is -2.43. The van der Waals surface area contributed by atoms with Crippen molar-refractivity contribution >= 4 is 28.5 Å². The summed E-state index contributed by atoms with van der Waals surface area (Å²) in [6.45, 7) is 3.70. The summed E-state index contributed by atoms with van der Waals surface area (Å²) in [6, 6.07) is 5.11. The van der Waals surface area contributed by atoms with Gasteiger partial charge in [0.25, 0.3) is 5.91 Å². The van der Waals surface area contributed by atoms with E-state index in [1.165, 1.54) is 17.0 Å². The molecule has 0 saturated heterocycles. The van der Waals surface area contributed by atoms with Gasteiger partial charge in [-0.05, 0) is 38.5 Å². The number of aromatic nitrogens is 4. The van der Waals surface area contributed by atoms with E-state index in [4.69, 9.17) is 0 Å². The minimum absolute atomic E-state index is 0.132. The van der Waals surface area contributed by atoms with Crippen LogP contribution in [0, 0.1) is 12.7 Å². The third kappa shape index (κ3) is 4.36. The standard InChI is InChI=1S/C20H17F3IN5O2/c1-10-8-13-15(26-11(2)27-18(13)14-6-7-25-28-14)9-29(10)19(30)12-4-3-5-16(17(12)21)31-20(22,23)24/h3-7,10H,8-9H2,1-2H3,(H,25,28). The molecule has 7 nitrogen and oxygen atoms in total. The topological polar surface area (TPSA) is 84.0 Å². The second-order valence-electron chi connectivity index (χ2n) is 7.17. The Morgan fingerprint density at radius 1 is 1.32 bits per heavy atom. The number of halogens is 4. The number of rotatable bonds is 4. The van der Waals surface area contributed by atoms with Gasteiger partial charge in [0.1, 0.15) is 5.82 Å². The lowest BCUT2D eigenvalue weighted by atomic mass is 9.95. The summed E-state index contributed by atoms with van der Waals surface area (Å²) in [7, 11) is 0. The van der Waals surface area contributed by atoms with E-state index in [9.17, 15) is 18.0 Å². The molecule has 1 N–H and O–H groups in total. The first-order chi connectivity index (χ1) is 14.6. The first kappa shape index (κ1) is 21.5. The molecule has 162 valence electrons. The number of H-pyrrole nitrogens is 1. The molecule has 2 aromatic heterocycles. The number of benzene rings is 1. The highest BCUT2D eigenvalue weighted by Gasteiger charge is 2.34. The van der Waals surface area contributed by atoms with Crippen molar-refractivity contribution in [1.29, 1.82) is 0 Å². The molecule has 11 heteroatoms. The maximum absolute atomic E-state index is 14.8. The number of aryl methyl sites for hydroxylation is 1. The Kier molecular flexibility index (Phi) is 5.62. The van der Waals surface area contributed by atoms with Gasteiger partial charge in [-0.3, -0.25) is 9.89 Å². The molecular formula is C20H17F3IN5O2. The number of nitrogens with zero attached hydrogens (tertiary/aromatic N) is 4. The summed E-state index contributed by atoms with van der Waals surface area (Å²) in [6.07, 6.45) is 2.07. The number of carbonyl (C=O) groups excluding carboxylic acids is 1. The molecule has 1 aliphatic rings. The first-order valence-corrected chi connectivity index (χ1v) is 10.4. The van der Waals surface area contributed by atoms with Gasteiger partial charge in [0.2, 0.25) is 0 Å². The Balaban J connectivity index is 1.68. The maximum atomic E-state index is 14.8. The van der Waals surface area contributed by atoms with Crippen LogP contribution >= 0.6 is 22.6 Å². The highest BCUT2D eigenvalue weighted by Crippen LogP contribution is 2.33. The smallest absolute Gasteiger partial charge is 0.422 e. The number of nitrogens with one attached hydrogen (secondary N) is 1. The molecule has 1 unspecified atom stereocenters. The molecule has 3 heterocycles. The highest BCUT2D eigenvalue weighted by molar-refractivity contribution is 14.1. The van der Waals surface area contributed by atoms with Crippen molar-refractivity contribution in [1.82, 2.24) is 25.1 Å². The number of aromatic amines is 1. The lowest BCUT2D eigenvalue weighted by Gasteiger charge is -2.35. The second-order valence-corrected chi connectivity index (χ2v) is 8.42. The number of carbonyl (C=O) groups is 1. The summed E-state index contributed by atoms with van der Waals surface area (Å²) < 4.78 is 41.9. The molecule has 31 heavy (non-hydrogen) atoms. The number of fused-ring (bicyclic) bond motifs is 1. The fourth-order valence-corrected chi connectivity index (χ4v) is 3.88. The lowest BCUT2D eigenvalue weighted by molar-refractivity contribution is -0.0714. The zero-order valence-corrected chi connectivity index (χ0v) is 18.7. The third-order valence-electron chi connectivity index (χ3n) is 4.99. The van der Waals surface area contributed by atoms with Crippen molar-refractivity contribution in [3.8, 4) is 17.1 Å². The van der Waals surface area contributed by atoms with Gasteiger partial charge in [0.15, 0.2) is 11.6 Å². The fourth-order valence-electron chi connectivity index (χ4n) is 3.64. The molecule has 1 atom stereocenters. The molecule has 3 aromatic rings. The molecule has 4 rings (SSSR count). The predicted octanol–water partition coefficient (Wildman–Crippen LogP) is 4.27. The number of alkyl halides is 3. The van der Waals surface area contributed by atoms with Crippen molar-refractivity contribution in [3.05, 3.63) is 58.9 Å². The Morgan fingerprint density at radius 3 is 2.77 bits per heavy atom. The van der Waals surface area contributed by atoms with E-state index < -0.39 is 21.6 Å². The summed E-state index contributed by atoms with van der Waals surface area (Å²) in [5.41, 5.74) is 2.64. The van der Waals surface area contributed by atoms with Crippen LogP contribution in [0.25, 0.3) is 11.4 Å². The highest BCUT2D eigenvalue weighted by atomic mass is 127. The molecule has 0 aliphatic carbocycles. The van der Waals surface area contributed by atoms with Gasteiger partial charge in [-0.2, -0.15) is 13.9 Å². The van der Waals surface area contributed by atoms with E-state index >= 15 is 0 Å². The van der Waals surface area contributed by atoms with Gasteiger partial charge < -0.3 is 9.64 Å². The van der Waals surface area contributed by atoms with E-state index in [0.29, 0.717) is 23.6 Å². The molecule has 0 fully saturated rings. The Labute approximate surface area is 189 Å². The molecule has 1 aromatic carbocycles. The molecule has 0 spiro atoms. The van der Waals surface area contributed by atoms with Crippen LogP contribution in [0.5, 0.6) is 5.75 Å². The average molecular weight is 543 g/mol. The fraction of sp³-hybridized carbons (Fsp3) is 0.300. The molecule has 0 radical (unpaired) electrons. The van der Waals surface area contributed by atoms with E-state index in [1.807, 2.05) is 6.92 Å². The van der Waals surface area contributed by atoms with Crippen molar-refractivity contribution < 1.29 is 22.7 Å². The molecule has 1 amide bonds. The van der Waals surface area contributed by atoms with Crippen molar-refractivity contribution in [2.24, 2.45) is 0 Å². The van der Waals surface area contributed by atoms with Gasteiger partial charge in [-0.15, -0.1) is 0 Å². The van der Waals surface area contributed by atoms with Crippen molar-refractivity contribution in [3.63, 3.8) is 0 Å². The number of hydrogen-bond donors (Lipinski definition) is 1. The van der Waals surface area contributed by atoms with E-state index in [-0.39, 0.29) is 18.2 Å². The quantitative estimate of drug-likeness (QED) is 0.393. The van der Waals surface area contributed by atoms with E-state index in [2.05, 4.69) is 24.9 Å². The van der Waals surface area contributed by atoms with Crippen LogP contribution in [0.1, 0.15) is 34.4 Å². The SMILES string of the molecule is Cc1nc2c(c(-c3ccn[nH]3)n1)CC(C)N(C(=O)c1cccc(OC(F)(F)I)c1F)C2. The van der Waals surface area contributed by atoms with E-state index in [1.54, 1.807) is 19.2 Å². The summed E-state index contributed by atoms with van der Waals surface area (Å²) in [5, 5.41) is 6.86. The maximum Gasteiger partial charge on any atom is 0.451 e. The number of amides is 1. The normalized spacial score (nSPS) is 16.2. The zero-order valence-electron chi connectivity index (χ0n) is 16.5. The van der Waals surface area contributed by atoms with E-state index in [0.717, 1.165) is 39.9 Å². The number of ether oxygens (including phenoxy) is 1. The van der Waals surface area contributed by atoms with Crippen LogP contribution in [0.3, 0.4) is 0 Å². The van der Waals surface area contributed by atoms with Crippen molar-refractivity contribution in [2.45, 2.75) is 37.0 Å². The molecule has 0 saturated carbocycles. The summed E-state index contributed by atoms with van der Waals surface area (Å²) in [4.78, 5) is 23.6. The average Bonchev–Trinajstić information content (AvgIpc) is 3.22.